The van der Waals surface area contributed by atoms with Gasteiger partial charge in [0.15, 0.2) is 5.65 Å². The number of nitrogens with zero attached hydrogens (tertiary/aromatic N) is 4. The summed E-state index contributed by atoms with van der Waals surface area (Å²) in [5, 5.41) is 5.69. The smallest absolute Gasteiger partial charge is 0.265 e. The normalized spacial score (nSPS) is 11.3. The van der Waals surface area contributed by atoms with E-state index in [1.807, 2.05) is 30.3 Å². The fourth-order valence-corrected chi connectivity index (χ4v) is 3.52. The lowest BCUT2D eigenvalue weighted by molar-refractivity contribution is 0.700. The van der Waals surface area contributed by atoms with Crippen molar-refractivity contribution in [1.29, 1.82) is 0 Å². The highest BCUT2D eigenvalue weighted by Gasteiger charge is 2.22. The molecular formula is C19H13Cl3N4O. The molecule has 0 amide bonds. The summed E-state index contributed by atoms with van der Waals surface area (Å²) in [6.45, 7) is 0.441. The van der Waals surface area contributed by atoms with Gasteiger partial charge >= 0.3 is 0 Å². The van der Waals surface area contributed by atoms with Crippen molar-refractivity contribution >= 4 is 45.8 Å². The highest BCUT2D eigenvalue weighted by Crippen LogP contribution is 2.36. The average molecular weight is 420 g/mol. The van der Waals surface area contributed by atoms with Gasteiger partial charge in [-0.2, -0.15) is 10.1 Å². The zero-order valence-electron chi connectivity index (χ0n) is 14.2. The Morgan fingerprint density at radius 1 is 1.00 bits per heavy atom. The van der Waals surface area contributed by atoms with Gasteiger partial charge in [-0.15, -0.1) is 0 Å². The van der Waals surface area contributed by atoms with E-state index in [2.05, 4.69) is 10.1 Å². The molecule has 0 aliphatic rings. The largest absolute Gasteiger partial charge is 0.286 e. The number of hydrogen-bond acceptors (Lipinski definition) is 3. The minimum absolute atomic E-state index is 0.0700. The summed E-state index contributed by atoms with van der Waals surface area (Å²) in [6.07, 6.45) is 0. The van der Waals surface area contributed by atoms with Crippen molar-refractivity contribution < 1.29 is 0 Å². The molecule has 0 radical (unpaired) electrons. The fraction of sp³-hybridized carbons (Fsp3) is 0.105. The summed E-state index contributed by atoms with van der Waals surface area (Å²) >= 11 is 18.7. The van der Waals surface area contributed by atoms with E-state index in [0.29, 0.717) is 33.2 Å². The van der Waals surface area contributed by atoms with E-state index in [9.17, 15) is 4.79 Å². The highest BCUT2D eigenvalue weighted by molar-refractivity contribution is 6.43. The van der Waals surface area contributed by atoms with Gasteiger partial charge in [-0.25, -0.2) is 0 Å². The third-order valence-corrected chi connectivity index (χ3v) is 5.47. The molecule has 2 heterocycles. The average Bonchev–Trinajstić information content (AvgIpc) is 3.00. The second-order valence-corrected chi connectivity index (χ2v) is 7.16. The minimum atomic E-state index is -0.296. The van der Waals surface area contributed by atoms with Gasteiger partial charge in [0.05, 0.1) is 22.3 Å². The molecule has 0 saturated heterocycles. The minimum Gasteiger partial charge on any atom is -0.286 e. The van der Waals surface area contributed by atoms with Crippen LogP contribution in [-0.2, 0) is 13.6 Å². The molecule has 0 bridgehead atoms. The monoisotopic (exact) mass is 418 g/mol. The number of halogens is 3. The zero-order chi connectivity index (χ0) is 19.1. The molecule has 0 fully saturated rings. The molecule has 2 aromatic heterocycles. The number of aromatic nitrogens is 4. The summed E-state index contributed by atoms with van der Waals surface area (Å²) in [5.41, 5.74) is 2.17. The maximum atomic E-state index is 12.9. The molecule has 0 spiro atoms. The SMILES string of the molecule is Cn1c(Cl)nc2nn(Cc3ccccc3)c(-c3cccc(Cl)c3Cl)c2c1=O. The van der Waals surface area contributed by atoms with Crippen LogP contribution in [0.1, 0.15) is 5.56 Å². The summed E-state index contributed by atoms with van der Waals surface area (Å²) in [5.74, 6) is 0. The Kier molecular flexibility index (Phi) is 4.68. The summed E-state index contributed by atoms with van der Waals surface area (Å²) < 4.78 is 2.99. The van der Waals surface area contributed by atoms with Crippen molar-refractivity contribution in [3.8, 4) is 11.3 Å². The molecule has 8 heteroatoms. The van der Waals surface area contributed by atoms with E-state index in [1.165, 1.54) is 4.57 Å². The predicted octanol–water partition coefficient (Wildman–Crippen LogP) is 4.81. The van der Waals surface area contributed by atoms with Crippen molar-refractivity contribution in [3.63, 3.8) is 0 Å². The van der Waals surface area contributed by atoms with Crippen LogP contribution >= 0.6 is 34.8 Å². The zero-order valence-corrected chi connectivity index (χ0v) is 16.4. The van der Waals surface area contributed by atoms with Crippen molar-refractivity contribution in [2.75, 3.05) is 0 Å². The Labute approximate surface area is 169 Å². The summed E-state index contributed by atoms with van der Waals surface area (Å²) in [4.78, 5) is 17.2. The van der Waals surface area contributed by atoms with Gasteiger partial charge in [0.2, 0.25) is 5.28 Å². The van der Waals surface area contributed by atoms with E-state index in [1.54, 1.807) is 29.9 Å². The third kappa shape index (κ3) is 3.12. The first-order valence-corrected chi connectivity index (χ1v) is 9.22. The van der Waals surface area contributed by atoms with E-state index < -0.39 is 0 Å². The van der Waals surface area contributed by atoms with Crippen LogP contribution in [0.5, 0.6) is 0 Å². The molecule has 5 nitrogen and oxygen atoms in total. The molecule has 0 unspecified atom stereocenters. The van der Waals surface area contributed by atoms with Crippen LogP contribution in [0.3, 0.4) is 0 Å². The van der Waals surface area contributed by atoms with Crippen LogP contribution in [0.2, 0.25) is 15.3 Å². The summed E-state index contributed by atoms with van der Waals surface area (Å²) in [7, 11) is 1.56. The Hall–Kier alpha value is -2.34. The Balaban J connectivity index is 2.07. The maximum Gasteiger partial charge on any atom is 0.265 e. The van der Waals surface area contributed by atoms with Crippen molar-refractivity contribution in [3.05, 3.63) is 79.8 Å². The quantitative estimate of drug-likeness (QED) is 0.448. The van der Waals surface area contributed by atoms with E-state index in [4.69, 9.17) is 34.8 Å². The molecule has 0 N–H and O–H groups in total. The first-order valence-electron chi connectivity index (χ1n) is 8.08. The molecule has 0 aliphatic carbocycles. The molecule has 0 saturated carbocycles. The van der Waals surface area contributed by atoms with Gasteiger partial charge < -0.3 is 0 Å². The Morgan fingerprint density at radius 2 is 1.74 bits per heavy atom. The highest BCUT2D eigenvalue weighted by atomic mass is 35.5. The molecule has 0 aliphatic heterocycles. The molecule has 4 aromatic rings. The molecular weight excluding hydrogens is 407 g/mol. The first kappa shape index (κ1) is 18.0. The van der Waals surface area contributed by atoms with Gasteiger partial charge in [-0.3, -0.25) is 14.0 Å². The maximum absolute atomic E-state index is 12.9. The van der Waals surface area contributed by atoms with Crippen molar-refractivity contribution in [1.82, 2.24) is 19.3 Å². The lowest BCUT2D eigenvalue weighted by Gasteiger charge is -2.10. The van der Waals surface area contributed by atoms with E-state index in [0.717, 1.165) is 5.56 Å². The summed E-state index contributed by atoms with van der Waals surface area (Å²) in [6, 6.07) is 15.1. The van der Waals surface area contributed by atoms with E-state index >= 15 is 0 Å². The standard InChI is InChI=1S/C19H13Cl3N4O/c1-25-18(27)14-16(12-8-5-9-13(20)15(12)21)26(24-17(14)23-19(25)22)10-11-6-3-2-4-7-11/h2-9H,10H2,1H3. The number of hydrogen-bond donors (Lipinski definition) is 0. The number of fused-ring (bicyclic) bond motifs is 1. The number of rotatable bonds is 3. The van der Waals surface area contributed by atoms with Gasteiger partial charge in [-0.1, -0.05) is 65.7 Å². The van der Waals surface area contributed by atoms with Gasteiger partial charge in [0.25, 0.3) is 5.56 Å². The molecule has 136 valence electrons. The van der Waals surface area contributed by atoms with Crippen LogP contribution < -0.4 is 5.56 Å². The van der Waals surface area contributed by atoms with Crippen LogP contribution in [0, 0.1) is 0 Å². The topological polar surface area (TPSA) is 52.7 Å². The van der Waals surface area contributed by atoms with E-state index in [-0.39, 0.29) is 16.5 Å². The molecule has 2 aromatic carbocycles. The van der Waals surface area contributed by atoms with Crippen molar-refractivity contribution in [2.24, 2.45) is 7.05 Å². The second kappa shape index (κ2) is 7.00. The molecule has 0 atom stereocenters. The molecule has 4 rings (SSSR count). The first-order chi connectivity index (χ1) is 13.0. The van der Waals surface area contributed by atoms with Gasteiger partial charge in [-0.05, 0) is 23.2 Å². The lowest BCUT2D eigenvalue weighted by atomic mass is 10.1. The van der Waals surface area contributed by atoms with Crippen LogP contribution in [0.15, 0.2) is 53.3 Å². The van der Waals surface area contributed by atoms with Crippen LogP contribution in [-0.4, -0.2) is 19.3 Å². The Morgan fingerprint density at radius 3 is 2.48 bits per heavy atom. The number of benzene rings is 2. The predicted molar refractivity (Wildman–Crippen MR) is 109 cm³/mol. The molecule has 27 heavy (non-hydrogen) atoms. The Bertz CT molecular complexity index is 1220. The third-order valence-electron chi connectivity index (χ3n) is 4.31. The van der Waals surface area contributed by atoms with Crippen LogP contribution in [0.4, 0.5) is 0 Å². The van der Waals surface area contributed by atoms with Crippen molar-refractivity contribution in [2.45, 2.75) is 6.54 Å². The van der Waals surface area contributed by atoms with Gasteiger partial charge in [0, 0.05) is 12.6 Å². The van der Waals surface area contributed by atoms with Gasteiger partial charge in [0.1, 0.15) is 5.39 Å². The van der Waals surface area contributed by atoms with Crippen LogP contribution in [0.25, 0.3) is 22.3 Å². The second-order valence-electron chi connectivity index (χ2n) is 6.04. The fourth-order valence-electron chi connectivity index (χ4n) is 2.97. The lowest BCUT2D eigenvalue weighted by Crippen LogP contribution is -2.18.